The summed E-state index contributed by atoms with van der Waals surface area (Å²) >= 11 is 0. The molecular formula is C16H21F3O2. The largest absolute Gasteiger partial charge is 0.491 e. The fourth-order valence-electron chi connectivity index (χ4n) is 1.96. The van der Waals surface area contributed by atoms with Gasteiger partial charge in [0.1, 0.15) is 5.75 Å². The SMILES string of the molecule is CCC(C)c1ccc(OC(=O)C(F)(F)F)c(C(C)CC)c1. The summed E-state index contributed by atoms with van der Waals surface area (Å²) < 4.78 is 41.5. The molecule has 0 aliphatic heterocycles. The highest BCUT2D eigenvalue weighted by Gasteiger charge is 2.41. The van der Waals surface area contributed by atoms with Gasteiger partial charge in [0, 0.05) is 0 Å². The molecule has 0 aromatic heterocycles. The summed E-state index contributed by atoms with van der Waals surface area (Å²) in [6, 6.07) is 5.03. The van der Waals surface area contributed by atoms with Crippen LogP contribution in [0.25, 0.3) is 0 Å². The summed E-state index contributed by atoms with van der Waals surface area (Å²) in [6.07, 6.45) is -3.30. The summed E-state index contributed by atoms with van der Waals surface area (Å²) in [4.78, 5) is 11.0. The standard InChI is InChI=1S/C16H21F3O2/c1-5-10(3)12-7-8-14(13(9-12)11(4)6-2)21-15(20)16(17,18)19/h7-11H,5-6H2,1-4H3. The number of hydrogen-bond acceptors (Lipinski definition) is 2. The number of carbonyl (C=O) groups is 1. The van der Waals surface area contributed by atoms with Crippen molar-refractivity contribution in [3.8, 4) is 5.75 Å². The molecule has 2 nitrogen and oxygen atoms in total. The lowest BCUT2D eigenvalue weighted by atomic mass is 9.91. The van der Waals surface area contributed by atoms with Gasteiger partial charge in [0.2, 0.25) is 0 Å². The number of rotatable bonds is 5. The molecule has 0 aliphatic rings. The Balaban J connectivity index is 3.16. The van der Waals surface area contributed by atoms with Gasteiger partial charge < -0.3 is 4.74 Å². The van der Waals surface area contributed by atoms with Gasteiger partial charge in [-0.25, -0.2) is 4.79 Å². The van der Waals surface area contributed by atoms with E-state index in [1.807, 2.05) is 26.8 Å². The van der Waals surface area contributed by atoms with Crippen molar-refractivity contribution in [1.29, 1.82) is 0 Å². The zero-order valence-corrected chi connectivity index (χ0v) is 12.8. The Morgan fingerprint density at radius 3 is 2.19 bits per heavy atom. The molecule has 0 heterocycles. The maximum absolute atomic E-state index is 12.3. The van der Waals surface area contributed by atoms with Crippen molar-refractivity contribution >= 4 is 5.97 Å². The quantitative estimate of drug-likeness (QED) is 0.553. The number of carbonyl (C=O) groups excluding carboxylic acids is 1. The molecule has 21 heavy (non-hydrogen) atoms. The van der Waals surface area contributed by atoms with E-state index >= 15 is 0 Å². The summed E-state index contributed by atoms with van der Waals surface area (Å²) in [6.45, 7) is 7.94. The van der Waals surface area contributed by atoms with Gasteiger partial charge in [0.25, 0.3) is 0 Å². The third-order valence-electron chi connectivity index (χ3n) is 3.79. The van der Waals surface area contributed by atoms with E-state index in [2.05, 4.69) is 11.7 Å². The Morgan fingerprint density at radius 1 is 1.14 bits per heavy atom. The number of benzene rings is 1. The molecule has 0 saturated carbocycles. The zero-order valence-electron chi connectivity index (χ0n) is 12.8. The van der Waals surface area contributed by atoms with Crippen LogP contribution in [-0.4, -0.2) is 12.1 Å². The molecule has 2 unspecified atom stereocenters. The van der Waals surface area contributed by atoms with Crippen molar-refractivity contribution < 1.29 is 22.7 Å². The molecule has 0 fully saturated rings. The second-order valence-electron chi connectivity index (χ2n) is 5.30. The van der Waals surface area contributed by atoms with E-state index in [1.54, 1.807) is 6.07 Å². The van der Waals surface area contributed by atoms with E-state index in [-0.39, 0.29) is 11.7 Å². The van der Waals surface area contributed by atoms with Crippen molar-refractivity contribution in [2.45, 2.75) is 58.5 Å². The topological polar surface area (TPSA) is 26.3 Å². The van der Waals surface area contributed by atoms with Gasteiger partial charge >= 0.3 is 12.1 Å². The second kappa shape index (κ2) is 6.96. The fraction of sp³-hybridized carbons (Fsp3) is 0.562. The predicted octanol–water partition coefficient (Wildman–Crippen LogP) is 5.18. The van der Waals surface area contributed by atoms with Crippen LogP contribution in [0, 0.1) is 0 Å². The average molecular weight is 302 g/mol. The molecule has 118 valence electrons. The Bertz CT molecular complexity index is 495. The summed E-state index contributed by atoms with van der Waals surface area (Å²) in [5.41, 5.74) is 1.69. The van der Waals surface area contributed by atoms with Gasteiger partial charge in [-0.1, -0.05) is 39.8 Å². The number of alkyl halides is 3. The van der Waals surface area contributed by atoms with Crippen molar-refractivity contribution in [1.82, 2.24) is 0 Å². The van der Waals surface area contributed by atoms with Gasteiger partial charge in [0.15, 0.2) is 0 Å². The maximum Gasteiger partial charge on any atom is 0.491 e. The monoisotopic (exact) mass is 302 g/mol. The lowest BCUT2D eigenvalue weighted by Crippen LogP contribution is -2.28. The molecule has 1 rings (SSSR count). The molecule has 0 radical (unpaired) electrons. The van der Waals surface area contributed by atoms with Crippen molar-refractivity contribution in [2.75, 3.05) is 0 Å². The van der Waals surface area contributed by atoms with Gasteiger partial charge in [-0.15, -0.1) is 0 Å². The predicted molar refractivity (Wildman–Crippen MR) is 75.5 cm³/mol. The molecule has 1 aromatic rings. The first-order valence-corrected chi connectivity index (χ1v) is 7.13. The van der Waals surface area contributed by atoms with E-state index < -0.39 is 12.1 Å². The lowest BCUT2D eigenvalue weighted by molar-refractivity contribution is -0.189. The van der Waals surface area contributed by atoms with E-state index in [1.165, 1.54) is 6.07 Å². The number of esters is 1. The highest BCUT2D eigenvalue weighted by molar-refractivity contribution is 5.78. The molecular weight excluding hydrogens is 281 g/mol. The van der Waals surface area contributed by atoms with E-state index in [9.17, 15) is 18.0 Å². The lowest BCUT2D eigenvalue weighted by Gasteiger charge is -2.18. The third kappa shape index (κ3) is 4.48. The summed E-state index contributed by atoms with van der Waals surface area (Å²) in [5.74, 6) is -1.85. The smallest absolute Gasteiger partial charge is 0.420 e. The summed E-state index contributed by atoms with van der Waals surface area (Å²) in [5, 5.41) is 0. The molecule has 0 N–H and O–H groups in total. The third-order valence-corrected chi connectivity index (χ3v) is 3.79. The molecule has 0 aliphatic carbocycles. The van der Waals surface area contributed by atoms with Crippen LogP contribution in [0.5, 0.6) is 5.75 Å². The minimum Gasteiger partial charge on any atom is -0.420 e. The molecule has 0 bridgehead atoms. The van der Waals surface area contributed by atoms with Crippen LogP contribution in [0.4, 0.5) is 13.2 Å². The van der Waals surface area contributed by atoms with Gasteiger partial charge in [0.05, 0.1) is 0 Å². The highest BCUT2D eigenvalue weighted by Crippen LogP contribution is 2.33. The molecule has 2 atom stereocenters. The van der Waals surface area contributed by atoms with Crippen molar-refractivity contribution in [3.63, 3.8) is 0 Å². The normalized spacial score (nSPS) is 14.6. The van der Waals surface area contributed by atoms with Crippen LogP contribution < -0.4 is 4.74 Å². The second-order valence-corrected chi connectivity index (χ2v) is 5.30. The van der Waals surface area contributed by atoms with Gasteiger partial charge in [-0.3, -0.25) is 0 Å². The molecule has 0 saturated heterocycles. The Labute approximate surface area is 123 Å². The fourth-order valence-corrected chi connectivity index (χ4v) is 1.96. The maximum atomic E-state index is 12.3. The van der Waals surface area contributed by atoms with E-state index in [0.29, 0.717) is 11.5 Å². The molecule has 0 spiro atoms. The number of halogens is 3. The van der Waals surface area contributed by atoms with Crippen LogP contribution in [0.15, 0.2) is 18.2 Å². The van der Waals surface area contributed by atoms with Gasteiger partial charge in [-0.05, 0) is 41.9 Å². The summed E-state index contributed by atoms with van der Waals surface area (Å²) in [7, 11) is 0. The molecule has 0 amide bonds. The first-order valence-electron chi connectivity index (χ1n) is 7.13. The number of hydrogen-bond donors (Lipinski definition) is 0. The first-order chi connectivity index (χ1) is 9.70. The van der Waals surface area contributed by atoms with Crippen LogP contribution >= 0.6 is 0 Å². The molecule has 5 heteroatoms. The highest BCUT2D eigenvalue weighted by atomic mass is 19.4. The minimum absolute atomic E-state index is 0.00118. The van der Waals surface area contributed by atoms with Crippen LogP contribution in [0.3, 0.4) is 0 Å². The van der Waals surface area contributed by atoms with E-state index in [4.69, 9.17) is 0 Å². The van der Waals surface area contributed by atoms with Crippen LogP contribution in [-0.2, 0) is 4.79 Å². The first kappa shape index (κ1) is 17.5. The van der Waals surface area contributed by atoms with Crippen molar-refractivity contribution in [3.05, 3.63) is 29.3 Å². The van der Waals surface area contributed by atoms with Crippen molar-refractivity contribution in [2.24, 2.45) is 0 Å². The Kier molecular flexibility index (Phi) is 5.81. The Morgan fingerprint density at radius 2 is 1.71 bits per heavy atom. The zero-order chi connectivity index (χ0) is 16.2. The van der Waals surface area contributed by atoms with E-state index in [0.717, 1.165) is 18.4 Å². The average Bonchev–Trinajstić information content (AvgIpc) is 2.44. The van der Waals surface area contributed by atoms with Gasteiger partial charge in [-0.2, -0.15) is 13.2 Å². The number of ether oxygens (including phenoxy) is 1. The van der Waals surface area contributed by atoms with Crippen LogP contribution in [0.2, 0.25) is 0 Å². The van der Waals surface area contributed by atoms with Crippen LogP contribution in [0.1, 0.15) is 63.5 Å². The Hall–Kier alpha value is -1.52. The minimum atomic E-state index is -4.98. The molecule has 1 aromatic carbocycles.